The molecular formula is C25H18O4. The number of hydrogen-bond acceptors (Lipinski definition) is 4. The third kappa shape index (κ3) is 5.42. The van der Waals surface area contributed by atoms with E-state index in [4.69, 9.17) is 0 Å². The van der Waals surface area contributed by atoms with Gasteiger partial charge in [-0.05, 0) is 59.2 Å². The smallest absolute Gasteiger partial charge is 0.185 e. The van der Waals surface area contributed by atoms with Gasteiger partial charge in [0.05, 0.1) is 5.57 Å². The Bertz CT molecular complexity index is 1150. The molecule has 0 atom stereocenters. The fourth-order valence-electron chi connectivity index (χ4n) is 2.74. The minimum absolute atomic E-state index is 0.0437. The van der Waals surface area contributed by atoms with E-state index in [2.05, 4.69) is 0 Å². The fraction of sp³-hybridized carbons (Fsp3) is 0. The van der Waals surface area contributed by atoms with Crippen molar-refractivity contribution in [3.8, 4) is 11.5 Å². The number of rotatable bonds is 6. The molecule has 0 heterocycles. The molecule has 0 aliphatic heterocycles. The summed E-state index contributed by atoms with van der Waals surface area (Å²) >= 11 is 0. The Morgan fingerprint density at radius 1 is 0.724 bits per heavy atom. The van der Waals surface area contributed by atoms with Crippen LogP contribution in [0, 0.1) is 0 Å². The first kappa shape index (κ1) is 19.6. The summed E-state index contributed by atoms with van der Waals surface area (Å²) in [5.41, 5.74) is 2.95. The monoisotopic (exact) mass is 382 g/mol. The molecule has 0 spiro atoms. The van der Waals surface area contributed by atoms with Crippen molar-refractivity contribution in [3.63, 3.8) is 0 Å². The van der Waals surface area contributed by atoms with Crippen molar-refractivity contribution in [1.29, 1.82) is 0 Å². The summed E-state index contributed by atoms with van der Waals surface area (Å²) in [4.78, 5) is 23.5. The number of carbonyl (C=O) groups is 1. The maximum absolute atomic E-state index is 12.2. The van der Waals surface area contributed by atoms with Crippen LogP contribution in [-0.2, 0) is 4.79 Å². The zero-order valence-corrected chi connectivity index (χ0v) is 15.4. The van der Waals surface area contributed by atoms with Gasteiger partial charge < -0.3 is 10.2 Å². The van der Waals surface area contributed by atoms with Gasteiger partial charge in [0, 0.05) is 5.56 Å². The second kappa shape index (κ2) is 9.18. The van der Waals surface area contributed by atoms with Gasteiger partial charge >= 0.3 is 0 Å². The van der Waals surface area contributed by atoms with Crippen LogP contribution >= 0.6 is 0 Å². The second-order valence-electron chi connectivity index (χ2n) is 6.32. The summed E-state index contributed by atoms with van der Waals surface area (Å²) in [5.74, 6) is 1.79. The van der Waals surface area contributed by atoms with E-state index in [-0.39, 0.29) is 17.3 Å². The second-order valence-corrected chi connectivity index (χ2v) is 6.32. The van der Waals surface area contributed by atoms with Crippen LogP contribution in [0.25, 0.3) is 17.7 Å². The number of hydrogen-bond donors (Lipinski definition) is 2. The average molecular weight is 382 g/mol. The van der Waals surface area contributed by atoms with Gasteiger partial charge in [0.2, 0.25) is 0 Å². The van der Waals surface area contributed by atoms with E-state index in [0.717, 1.165) is 11.1 Å². The average Bonchev–Trinajstić information content (AvgIpc) is 2.73. The standard InChI is InChI=1S/C25H18O4/c26-17-22(20-6-2-8-23(27)15-20)12-10-18-4-1-5-19(14-18)11-13-25(29)21-7-3-9-24(28)16-21/h1-16,27-28H. The highest BCUT2D eigenvalue weighted by Crippen LogP contribution is 2.20. The Morgan fingerprint density at radius 3 is 1.90 bits per heavy atom. The van der Waals surface area contributed by atoms with Crippen LogP contribution < -0.4 is 0 Å². The zero-order valence-electron chi connectivity index (χ0n) is 15.4. The minimum Gasteiger partial charge on any atom is -0.508 e. The normalized spacial score (nSPS) is 10.9. The molecule has 0 fully saturated rings. The van der Waals surface area contributed by atoms with Crippen LogP contribution in [0.3, 0.4) is 0 Å². The first-order valence-electron chi connectivity index (χ1n) is 8.89. The molecule has 29 heavy (non-hydrogen) atoms. The van der Waals surface area contributed by atoms with Crippen molar-refractivity contribution < 1.29 is 19.8 Å². The van der Waals surface area contributed by atoms with E-state index in [1.165, 1.54) is 30.3 Å². The van der Waals surface area contributed by atoms with Crippen LogP contribution in [0.1, 0.15) is 27.0 Å². The van der Waals surface area contributed by atoms with Crippen LogP contribution in [0.4, 0.5) is 0 Å². The summed E-state index contributed by atoms with van der Waals surface area (Å²) in [6.45, 7) is 0. The Hall–Kier alpha value is -4.14. The summed E-state index contributed by atoms with van der Waals surface area (Å²) in [6, 6.07) is 20.0. The molecule has 0 aliphatic carbocycles. The molecular weight excluding hydrogens is 364 g/mol. The van der Waals surface area contributed by atoms with E-state index < -0.39 is 0 Å². The maximum Gasteiger partial charge on any atom is 0.185 e. The minimum atomic E-state index is -0.211. The first-order chi connectivity index (χ1) is 14.0. The van der Waals surface area contributed by atoms with Crippen molar-refractivity contribution in [2.75, 3.05) is 0 Å². The predicted molar refractivity (Wildman–Crippen MR) is 114 cm³/mol. The van der Waals surface area contributed by atoms with Gasteiger partial charge in [-0.2, -0.15) is 0 Å². The van der Waals surface area contributed by atoms with Gasteiger partial charge in [-0.25, -0.2) is 4.79 Å². The van der Waals surface area contributed by atoms with Crippen molar-refractivity contribution >= 4 is 29.4 Å². The number of phenols is 2. The van der Waals surface area contributed by atoms with Gasteiger partial charge in [0.1, 0.15) is 17.4 Å². The molecule has 0 amide bonds. The van der Waals surface area contributed by atoms with Crippen molar-refractivity contribution in [2.45, 2.75) is 0 Å². The van der Waals surface area contributed by atoms with Crippen LogP contribution in [0.2, 0.25) is 0 Å². The summed E-state index contributed by atoms with van der Waals surface area (Å²) in [5, 5.41) is 19.0. The number of aromatic hydroxyl groups is 2. The molecule has 4 nitrogen and oxygen atoms in total. The van der Waals surface area contributed by atoms with Gasteiger partial charge in [-0.1, -0.05) is 54.6 Å². The highest BCUT2D eigenvalue weighted by Gasteiger charge is 2.03. The molecule has 3 rings (SSSR count). The third-order valence-corrected chi connectivity index (χ3v) is 4.18. The Kier molecular flexibility index (Phi) is 6.21. The van der Waals surface area contributed by atoms with Gasteiger partial charge in [-0.15, -0.1) is 0 Å². The number of allylic oxidation sites excluding steroid dienone is 3. The lowest BCUT2D eigenvalue weighted by Gasteiger charge is -2.00. The predicted octanol–water partition coefficient (Wildman–Crippen LogP) is 4.92. The summed E-state index contributed by atoms with van der Waals surface area (Å²) < 4.78 is 0. The molecule has 0 aromatic heterocycles. The molecule has 0 saturated heterocycles. The van der Waals surface area contributed by atoms with Crippen LogP contribution in [0.15, 0.2) is 84.9 Å². The SMILES string of the molecule is O=C=C(C=Cc1cccc(C=CC(=O)c2cccc(O)c2)c1)c1cccc(O)c1. The molecule has 0 radical (unpaired) electrons. The number of ketones is 1. The number of carbonyl (C=O) groups excluding carboxylic acids is 2. The molecule has 0 bridgehead atoms. The van der Waals surface area contributed by atoms with Crippen molar-refractivity contribution in [3.05, 3.63) is 107 Å². The lowest BCUT2D eigenvalue weighted by molar-refractivity contribution is 0.104. The Morgan fingerprint density at radius 2 is 1.28 bits per heavy atom. The third-order valence-electron chi connectivity index (χ3n) is 4.18. The summed E-state index contributed by atoms with van der Waals surface area (Å²) in [6.07, 6.45) is 6.53. The van der Waals surface area contributed by atoms with E-state index in [9.17, 15) is 19.8 Å². The van der Waals surface area contributed by atoms with E-state index in [0.29, 0.717) is 16.7 Å². The van der Waals surface area contributed by atoms with E-state index in [1.807, 2.05) is 30.2 Å². The van der Waals surface area contributed by atoms with Gasteiger partial charge in [0.15, 0.2) is 5.78 Å². The summed E-state index contributed by atoms with van der Waals surface area (Å²) in [7, 11) is 0. The largest absolute Gasteiger partial charge is 0.508 e. The van der Waals surface area contributed by atoms with Gasteiger partial charge in [0.25, 0.3) is 0 Å². The molecule has 2 N–H and O–H groups in total. The number of phenolic OH excluding ortho intramolecular Hbond substituents is 2. The molecule has 0 aliphatic rings. The topological polar surface area (TPSA) is 74.6 Å². The zero-order chi connectivity index (χ0) is 20.6. The highest BCUT2D eigenvalue weighted by atomic mass is 16.3. The van der Waals surface area contributed by atoms with Crippen LogP contribution in [-0.4, -0.2) is 21.9 Å². The number of benzene rings is 3. The first-order valence-corrected chi connectivity index (χ1v) is 8.89. The highest BCUT2D eigenvalue weighted by molar-refractivity contribution is 6.07. The molecule has 3 aromatic rings. The Labute approximate surface area is 168 Å². The fourth-order valence-corrected chi connectivity index (χ4v) is 2.74. The van der Waals surface area contributed by atoms with E-state index in [1.54, 1.807) is 42.5 Å². The van der Waals surface area contributed by atoms with E-state index >= 15 is 0 Å². The quantitative estimate of drug-likeness (QED) is 0.275. The molecule has 0 saturated carbocycles. The van der Waals surface area contributed by atoms with Crippen molar-refractivity contribution in [1.82, 2.24) is 0 Å². The molecule has 0 unspecified atom stereocenters. The molecule has 142 valence electrons. The molecule has 4 heteroatoms. The van der Waals surface area contributed by atoms with Crippen molar-refractivity contribution in [2.24, 2.45) is 0 Å². The van der Waals surface area contributed by atoms with Crippen LogP contribution in [0.5, 0.6) is 11.5 Å². The molecule has 3 aromatic carbocycles. The lowest BCUT2D eigenvalue weighted by atomic mass is 10.0. The maximum atomic E-state index is 12.2. The van der Waals surface area contributed by atoms with Gasteiger partial charge in [-0.3, -0.25) is 4.79 Å². The lowest BCUT2D eigenvalue weighted by Crippen LogP contribution is -1.93. The Balaban J connectivity index is 1.76.